The Bertz CT molecular complexity index is 399. The van der Waals surface area contributed by atoms with Crippen LogP contribution in [0.1, 0.15) is 12.8 Å². The molecule has 1 saturated carbocycles. The van der Waals surface area contributed by atoms with Gasteiger partial charge in [-0.2, -0.15) is 0 Å². The Hall–Kier alpha value is -0.650. The minimum atomic E-state index is -0.306. The third-order valence-electron chi connectivity index (χ3n) is 2.75. The van der Waals surface area contributed by atoms with Crippen molar-refractivity contribution in [3.8, 4) is 5.75 Å². The van der Waals surface area contributed by atoms with Crippen LogP contribution < -0.4 is 10.1 Å². The highest BCUT2D eigenvalue weighted by molar-refractivity contribution is 9.10. The molecule has 3 nitrogen and oxygen atoms in total. The summed E-state index contributed by atoms with van der Waals surface area (Å²) in [4.78, 5) is 0. The van der Waals surface area contributed by atoms with Crippen molar-refractivity contribution in [1.29, 1.82) is 0 Å². The number of benzene rings is 1. The van der Waals surface area contributed by atoms with Crippen LogP contribution in [0, 0.1) is 5.82 Å². The van der Waals surface area contributed by atoms with Gasteiger partial charge in [0.05, 0.1) is 11.1 Å². The van der Waals surface area contributed by atoms with E-state index in [0.717, 1.165) is 4.47 Å². The van der Waals surface area contributed by atoms with Crippen LogP contribution in [0.5, 0.6) is 5.75 Å². The van der Waals surface area contributed by atoms with Gasteiger partial charge in [0.25, 0.3) is 0 Å². The predicted octanol–water partition coefficient (Wildman–Crippen LogP) is 2.73. The van der Waals surface area contributed by atoms with E-state index in [1.807, 2.05) is 0 Å². The monoisotopic (exact) mass is 317 g/mol. The third kappa shape index (κ3) is 4.23. The van der Waals surface area contributed by atoms with E-state index in [4.69, 9.17) is 9.47 Å². The van der Waals surface area contributed by atoms with Crippen LogP contribution in [0.2, 0.25) is 0 Å². The maximum Gasteiger partial charge on any atom is 0.137 e. The zero-order valence-corrected chi connectivity index (χ0v) is 11.9. The highest BCUT2D eigenvalue weighted by Crippen LogP contribution is 2.26. The van der Waals surface area contributed by atoms with Gasteiger partial charge < -0.3 is 14.8 Å². The van der Waals surface area contributed by atoms with Gasteiger partial charge in [0.2, 0.25) is 0 Å². The molecular weight excluding hydrogens is 301 g/mol. The summed E-state index contributed by atoms with van der Waals surface area (Å²) in [6.07, 6.45) is 2.33. The van der Waals surface area contributed by atoms with Crippen LogP contribution in [-0.4, -0.2) is 32.4 Å². The Kier molecular flexibility index (Phi) is 4.97. The van der Waals surface area contributed by atoms with Gasteiger partial charge in [-0.15, -0.1) is 0 Å². The second kappa shape index (κ2) is 6.50. The standard InChI is InChI=1S/C13H17BrFNO2/c1-17-8-11(7-16-10-3-4-10)18-13-6-9(15)2-5-12(13)14/h2,5-6,10-11,16H,3-4,7-8H2,1H3. The first kappa shape index (κ1) is 13.8. The van der Waals surface area contributed by atoms with Crippen LogP contribution in [0.15, 0.2) is 22.7 Å². The molecule has 1 unspecified atom stereocenters. The maximum atomic E-state index is 13.2. The molecule has 0 amide bonds. The summed E-state index contributed by atoms with van der Waals surface area (Å²) in [7, 11) is 1.63. The fourth-order valence-electron chi connectivity index (χ4n) is 1.65. The molecule has 0 aliphatic heterocycles. The average Bonchev–Trinajstić information content (AvgIpc) is 3.15. The molecule has 1 aliphatic carbocycles. The van der Waals surface area contributed by atoms with Gasteiger partial charge in [0, 0.05) is 25.8 Å². The van der Waals surface area contributed by atoms with Gasteiger partial charge >= 0.3 is 0 Å². The highest BCUT2D eigenvalue weighted by atomic mass is 79.9. The van der Waals surface area contributed by atoms with E-state index in [0.29, 0.717) is 24.9 Å². The largest absolute Gasteiger partial charge is 0.485 e. The Morgan fingerprint density at radius 3 is 2.94 bits per heavy atom. The van der Waals surface area contributed by atoms with Crippen molar-refractivity contribution in [1.82, 2.24) is 5.32 Å². The minimum Gasteiger partial charge on any atom is -0.485 e. The summed E-state index contributed by atoms with van der Waals surface area (Å²) < 4.78 is 24.8. The van der Waals surface area contributed by atoms with Crippen molar-refractivity contribution in [3.63, 3.8) is 0 Å². The quantitative estimate of drug-likeness (QED) is 0.838. The molecule has 18 heavy (non-hydrogen) atoms. The lowest BCUT2D eigenvalue weighted by Crippen LogP contribution is -2.36. The van der Waals surface area contributed by atoms with Crippen LogP contribution in [0.4, 0.5) is 4.39 Å². The molecular formula is C13H17BrFNO2. The summed E-state index contributed by atoms with van der Waals surface area (Å²) in [6, 6.07) is 5.03. The van der Waals surface area contributed by atoms with Gasteiger partial charge in [0.15, 0.2) is 0 Å². The van der Waals surface area contributed by atoms with Crippen LogP contribution in [0.25, 0.3) is 0 Å². The third-order valence-corrected chi connectivity index (χ3v) is 3.41. The van der Waals surface area contributed by atoms with Crippen molar-refractivity contribution in [2.75, 3.05) is 20.3 Å². The van der Waals surface area contributed by atoms with E-state index in [-0.39, 0.29) is 11.9 Å². The van der Waals surface area contributed by atoms with Crippen molar-refractivity contribution in [3.05, 3.63) is 28.5 Å². The summed E-state index contributed by atoms with van der Waals surface area (Å²) >= 11 is 3.35. The lowest BCUT2D eigenvalue weighted by molar-refractivity contribution is 0.0797. The normalized spacial score (nSPS) is 16.6. The van der Waals surface area contributed by atoms with Crippen LogP contribution >= 0.6 is 15.9 Å². The zero-order valence-electron chi connectivity index (χ0n) is 10.3. The molecule has 0 bridgehead atoms. The summed E-state index contributed by atoms with van der Waals surface area (Å²) in [5.74, 6) is 0.203. The molecule has 0 aromatic heterocycles. The number of methoxy groups -OCH3 is 1. The Morgan fingerprint density at radius 1 is 1.50 bits per heavy atom. The topological polar surface area (TPSA) is 30.5 Å². The first-order valence-corrected chi connectivity index (χ1v) is 6.82. The van der Waals surface area contributed by atoms with Gasteiger partial charge in [-0.05, 0) is 40.9 Å². The van der Waals surface area contributed by atoms with Crippen molar-refractivity contribution in [2.24, 2.45) is 0 Å². The highest BCUT2D eigenvalue weighted by Gasteiger charge is 2.22. The molecule has 0 heterocycles. The molecule has 100 valence electrons. The molecule has 1 atom stereocenters. The van der Waals surface area contributed by atoms with Crippen molar-refractivity contribution < 1.29 is 13.9 Å². The zero-order chi connectivity index (χ0) is 13.0. The predicted molar refractivity (Wildman–Crippen MR) is 71.4 cm³/mol. The van der Waals surface area contributed by atoms with E-state index in [1.54, 1.807) is 13.2 Å². The van der Waals surface area contributed by atoms with Crippen LogP contribution in [-0.2, 0) is 4.74 Å². The first-order valence-electron chi connectivity index (χ1n) is 6.03. The Morgan fingerprint density at radius 2 is 2.28 bits per heavy atom. The van der Waals surface area contributed by atoms with Crippen molar-refractivity contribution in [2.45, 2.75) is 25.0 Å². The summed E-state index contributed by atoms with van der Waals surface area (Å²) in [6.45, 7) is 1.18. The Labute approximate surface area is 115 Å². The lowest BCUT2D eigenvalue weighted by Gasteiger charge is -2.19. The lowest BCUT2D eigenvalue weighted by atomic mass is 10.3. The second-order valence-corrected chi connectivity index (χ2v) is 5.31. The van der Waals surface area contributed by atoms with Gasteiger partial charge in [-0.25, -0.2) is 4.39 Å². The van der Waals surface area contributed by atoms with Gasteiger partial charge in [-0.1, -0.05) is 0 Å². The number of rotatable bonds is 7. The van der Waals surface area contributed by atoms with Gasteiger partial charge in [0.1, 0.15) is 17.7 Å². The molecule has 5 heteroatoms. The molecule has 1 N–H and O–H groups in total. The number of nitrogens with one attached hydrogen (secondary N) is 1. The Balaban J connectivity index is 1.94. The van der Waals surface area contributed by atoms with Crippen molar-refractivity contribution >= 4 is 15.9 Å². The molecule has 2 rings (SSSR count). The molecule has 0 spiro atoms. The minimum absolute atomic E-state index is 0.117. The van der Waals surface area contributed by atoms with Crippen LogP contribution in [0.3, 0.4) is 0 Å². The SMILES string of the molecule is COCC(CNC1CC1)Oc1cc(F)ccc1Br. The average molecular weight is 318 g/mol. The number of hydrogen-bond acceptors (Lipinski definition) is 3. The maximum absolute atomic E-state index is 13.2. The molecule has 0 saturated heterocycles. The van der Waals surface area contributed by atoms with E-state index in [1.165, 1.54) is 25.0 Å². The molecule has 1 fully saturated rings. The van der Waals surface area contributed by atoms with E-state index >= 15 is 0 Å². The molecule has 1 aliphatic rings. The first-order chi connectivity index (χ1) is 8.69. The number of hydrogen-bond donors (Lipinski definition) is 1. The second-order valence-electron chi connectivity index (χ2n) is 4.45. The fraction of sp³-hybridized carbons (Fsp3) is 0.538. The smallest absolute Gasteiger partial charge is 0.137 e. The van der Waals surface area contributed by atoms with Gasteiger partial charge in [-0.3, -0.25) is 0 Å². The number of ether oxygens (including phenoxy) is 2. The van der Waals surface area contributed by atoms with E-state index in [2.05, 4.69) is 21.2 Å². The van der Waals surface area contributed by atoms with E-state index in [9.17, 15) is 4.39 Å². The molecule has 1 aromatic rings. The fourth-order valence-corrected chi connectivity index (χ4v) is 1.99. The number of halogens is 2. The summed E-state index contributed by atoms with van der Waals surface area (Å²) in [5.41, 5.74) is 0. The molecule has 0 radical (unpaired) electrons. The van der Waals surface area contributed by atoms with E-state index < -0.39 is 0 Å². The summed E-state index contributed by atoms with van der Waals surface area (Å²) in [5, 5.41) is 3.38. The molecule has 1 aromatic carbocycles.